The van der Waals surface area contributed by atoms with Gasteiger partial charge in [-0.2, -0.15) is 13.2 Å². The van der Waals surface area contributed by atoms with E-state index in [1.165, 1.54) is 12.1 Å². The van der Waals surface area contributed by atoms with Gasteiger partial charge in [-0.1, -0.05) is 0 Å². The van der Waals surface area contributed by atoms with Gasteiger partial charge in [-0.25, -0.2) is 4.98 Å². The van der Waals surface area contributed by atoms with Gasteiger partial charge in [0.1, 0.15) is 5.69 Å². The van der Waals surface area contributed by atoms with Gasteiger partial charge in [-0.3, -0.25) is 4.79 Å². The van der Waals surface area contributed by atoms with Crippen LogP contribution in [0.4, 0.5) is 13.2 Å². The molecule has 0 aliphatic carbocycles. The number of hydrogen-bond donors (Lipinski definition) is 1. The van der Waals surface area contributed by atoms with Gasteiger partial charge in [-0.15, -0.1) is 0 Å². The van der Waals surface area contributed by atoms with Crippen LogP contribution in [-0.4, -0.2) is 23.7 Å². The van der Waals surface area contributed by atoms with E-state index in [1.807, 2.05) is 0 Å². The molecule has 0 unspecified atom stereocenters. The standard InChI is InChI=1S/C8H6BrF3N2O2/c9-4-1-2-5(6(13)15)14-7(4)16-3-8(10,11)12/h1-2H,3H2,(H2,13,15). The van der Waals surface area contributed by atoms with Gasteiger partial charge in [0.05, 0.1) is 4.47 Å². The lowest BCUT2D eigenvalue weighted by Crippen LogP contribution is -2.20. The third kappa shape index (κ3) is 3.69. The molecule has 88 valence electrons. The number of alkyl halides is 3. The van der Waals surface area contributed by atoms with Crippen molar-refractivity contribution >= 4 is 21.8 Å². The van der Waals surface area contributed by atoms with Crippen LogP contribution in [0.1, 0.15) is 10.5 Å². The maximum absolute atomic E-state index is 11.9. The molecule has 16 heavy (non-hydrogen) atoms. The molecule has 0 spiro atoms. The number of carbonyl (C=O) groups excluding carboxylic acids is 1. The molecule has 0 aliphatic rings. The highest BCUT2D eigenvalue weighted by Crippen LogP contribution is 2.24. The van der Waals surface area contributed by atoms with Crippen molar-refractivity contribution in [3.63, 3.8) is 0 Å². The first-order valence-corrected chi connectivity index (χ1v) is 4.75. The highest BCUT2D eigenvalue weighted by Gasteiger charge is 2.29. The summed E-state index contributed by atoms with van der Waals surface area (Å²) in [7, 11) is 0. The maximum atomic E-state index is 11.9. The zero-order valence-electron chi connectivity index (χ0n) is 7.71. The van der Waals surface area contributed by atoms with Gasteiger partial charge >= 0.3 is 6.18 Å². The Balaban J connectivity index is 2.86. The molecule has 1 aromatic rings. The Morgan fingerprint density at radius 2 is 2.12 bits per heavy atom. The van der Waals surface area contributed by atoms with E-state index < -0.39 is 18.7 Å². The normalized spacial score (nSPS) is 11.2. The van der Waals surface area contributed by atoms with Crippen molar-refractivity contribution in [2.75, 3.05) is 6.61 Å². The summed E-state index contributed by atoms with van der Waals surface area (Å²) in [6.07, 6.45) is -4.47. The number of nitrogens with zero attached hydrogens (tertiary/aromatic N) is 1. The lowest BCUT2D eigenvalue weighted by Gasteiger charge is -2.09. The van der Waals surface area contributed by atoms with E-state index in [0.717, 1.165) is 0 Å². The van der Waals surface area contributed by atoms with E-state index in [4.69, 9.17) is 5.73 Å². The Morgan fingerprint density at radius 1 is 1.50 bits per heavy atom. The monoisotopic (exact) mass is 298 g/mol. The quantitative estimate of drug-likeness (QED) is 0.927. The van der Waals surface area contributed by atoms with Crippen molar-refractivity contribution in [3.8, 4) is 5.88 Å². The number of nitrogens with two attached hydrogens (primary N) is 1. The van der Waals surface area contributed by atoms with E-state index in [9.17, 15) is 18.0 Å². The Labute approximate surface area is 96.7 Å². The molecule has 1 heterocycles. The minimum atomic E-state index is -4.47. The molecule has 0 fully saturated rings. The molecular weight excluding hydrogens is 293 g/mol. The number of rotatable bonds is 3. The first-order chi connectivity index (χ1) is 7.29. The molecule has 0 saturated heterocycles. The highest BCUT2D eigenvalue weighted by molar-refractivity contribution is 9.10. The van der Waals surface area contributed by atoms with Crippen molar-refractivity contribution < 1.29 is 22.7 Å². The number of pyridine rings is 1. The number of amides is 1. The van der Waals surface area contributed by atoms with Crippen LogP contribution >= 0.6 is 15.9 Å². The molecule has 0 aromatic carbocycles. The Bertz CT molecular complexity index is 409. The molecule has 1 aromatic heterocycles. The molecule has 4 nitrogen and oxygen atoms in total. The summed E-state index contributed by atoms with van der Waals surface area (Å²) < 4.78 is 40.2. The number of hydrogen-bond acceptors (Lipinski definition) is 3. The summed E-state index contributed by atoms with van der Waals surface area (Å²) in [6, 6.07) is 2.60. The lowest BCUT2D eigenvalue weighted by molar-refractivity contribution is -0.154. The first-order valence-electron chi connectivity index (χ1n) is 3.95. The Morgan fingerprint density at radius 3 is 2.62 bits per heavy atom. The van der Waals surface area contributed by atoms with Gasteiger partial charge in [0.25, 0.3) is 5.91 Å². The fourth-order valence-corrected chi connectivity index (χ4v) is 1.15. The van der Waals surface area contributed by atoms with E-state index in [-0.39, 0.29) is 16.0 Å². The van der Waals surface area contributed by atoms with Gasteiger partial charge in [-0.05, 0) is 28.1 Å². The van der Waals surface area contributed by atoms with E-state index in [0.29, 0.717) is 0 Å². The molecule has 2 N–H and O–H groups in total. The van der Waals surface area contributed by atoms with Crippen LogP contribution in [0.5, 0.6) is 5.88 Å². The topological polar surface area (TPSA) is 65.2 Å². The largest absolute Gasteiger partial charge is 0.467 e. The number of primary amides is 1. The zero-order chi connectivity index (χ0) is 12.3. The lowest BCUT2D eigenvalue weighted by atomic mass is 10.3. The second kappa shape index (κ2) is 4.69. The Hall–Kier alpha value is -1.31. The average Bonchev–Trinajstić information content (AvgIpc) is 2.14. The molecule has 0 aliphatic heterocycles. The summed E-state index contributed by atoms with van der Waals surface area (Å²) in [5.41, 5.74) is 4.75. The SMILES string of the molecule is NC(=O)c1ccc(Br)c(OCC(F)(F)F)n1. The molecule has 0 saturated carbocycles. The van der Waals surface area contributed by atoms with Crippen LogP contribution in [0.25, 0.3) is 0 Å². The molecule has 0 radical (unpaired) electrons. The number of carbonyl (C=O) groups is 1. The van der Waals surface area contributed by atoms with Crippen molar-refractivity contribution in [2.24, 2.45) is 5.73 Å². The predicted octanol–water partition coefficient (Wildman–Crippen LogP) is 1.88. The minimum Gasteiger partial charge on any atom is -0.467 e. The van der Waals surface area contributed by atoms with Crippen molar-refractivity contribution in [1.82, 2.24) is 4.98 Å². The third-order valence-corrected chi connectivity index (χ3v) is 2.04. The van der Waals surface area contributed by atoms with Gasteiger partial charge < -0.3 is 10.5 Å². The molecule has 0 atom stereocenters. The van der Waals surface area contributed by atoms with Crippen molar-refractivity contribution in [2.45, 2.75) is 6.18 Å². The van der Waals surface area contributed by atoms with Crippen LogP contribution < -0.4 is 10.5 Å². The van der Waals surface area contributed by atoms with Gasteiger partial charge in [0.2, 0.25) is 5.88 Å². The molecule has 1 rings (SSSR count). The Kier molecular flexibility index (Phi) is 3.74. The predicted molar refractivity (Wildman–Crippen MR) is 52.0 cm³/mol. The molecule has 8 heteroatoms. The minimum absolute atomic E-state index is 0.166. The van der Waals surface area contributed by atoms with E-state index in [1.54, 1.807) is 0 Å². The van der Waals surface area contributed by atoms with Crippen LogP contribution in [0.15, 0.2) is 16.6 Å². The fourth-order valence-electron chi connectivity index (χ4n) is 0.812. The molecule has 0 bridgehead atoms. The molecular formula is C8H6BrF3N2O2. The van der Waals surface area contributed by atoms with Crippen molar-refractivity contribution in [1.29, 1.82) is 0 Å². The van der Waals surface area contributed by atoms with Crippen LogP contribution in [0.2, 0.25) is 0 Å². The highest BCUT2D eigenvalue weighted by atomic mass is 79.9. The number of halogens is 4. The fraction of sp³-hybridized carbons (Fsp3) is 0.250. The van der Waals surface area contributed by atoms with Crippen molar-refractivity contribution in [3.05, 3.63) is 22.3 Å². The number of ether oxygens (including phenoxy) is 1. The summed E-state index contributed by atoms with van der Waals surface area (Å²) in [5, 5.41) is 0. The smallest absolute Gasteiger partial charge is 0.422 e. The summed E-state index contributed by atoms with van der Waals surface area (Å²) in [5.74, 6) is -1.17. The summed E-state index contributed by atoms with van der Waals surface area (Å²) in [6.45, 7) is -1.49. The van der Waals surface area contributed by atoms with Crippen LogP contribution in [0, 0.1) is 0 Å². The van der Waals surface area contributed by atoms with Gasteiger partial charge in [0, 0.05) is 0 Å². The molecule has 1 amide bonds. The van der Waals surface area contributed by atoms with Gasteiger partial charge in [0.15, 0.2) is 6.61 Å². The van der Waals surface area contributed by atoms with E-state index in [2.05, 4.69) is 25.7 Å². The first kappa shape index (κ1) is 12.8. The number of aromatic nitrogens is 1. The van der Waals surface area contributed by atoms with Crippen LogP contribution in [-0.2, 0) is 0 Å². The second-order valence-corrected chi connectivity index (χ2v) is 3.61. The van der Waals surface area contributed by atoms with Crippen LogP contribution in [0.3, 0.4) is 0 Å². The maximum Gasteiger partial charge on any atom is 0.422 e. The third-order valence-electron chi connectivity index (χ3n) is 1.44. The second-order valence-electron chi connectivity index (χ2n) is 2.75. The average molecular weight is 299 g/mol. The summed E-state index contributed by atoms with van der Waals surface area (Å²) in [4.78, 5) is 14.3. The van der Waals surface area contributed by atoms with E-state index >= 15 is 0 Å². The summed E-state index contributed by atoms with van der Waals surface area (Å²) >= 11 is 2.94. The zero-order valence-corrected chi connectivity index (χ0v) is 9.30.